The van der Waals surface area contributed by atoms with E-state index < -0.39 is 17.7 Å². The second-order valence-corrected chi connectivity index (χ2v) is 8.04. The smallest absolute Gasteiger partial charge is 0.191 e. The number of aromatic nitrogens is 3. The third-order valence-corrected chi connectivity index (χ3v) is 5.96. The maximum atomic E-state index is 13.9. The van der Waals surface area contributed by atoms with Crippen molar-refractivity contribution in [3.05, 3.63) is 65.5 Å². The van der Waals surface area contributed by atoms with Crippen LogP contribution in [0.4, 0.5) is 13.2 Å². The Morgan fingerprint density at radius 3 is 2.57 bits per heavy atom. The van der Waals surface area contributed by atoms with Crippen molar-refractivity contribution in [2.24, 2.45) is 0 Å². The van der Waals surface area contributed by atoms with Crippen molar-refractivity contribution < 1.29 is 23.0 Å². The van der Waals surface area contributed by atoms with Gasteiger partial charge in [-0.3, -0.25) is 4.57 Å². The van der Waals surface area contributed by atoms with Crippen LogP contribution in [0.1, 0.15) is 24.5 Å². The number of halogens is 3. The fourth-order valence-corrected chi connectivity index (χ4v) is 4.28. The highest BCUT2D eigenvalue weighted by Crippen LogP contribution is 2.30. The molecule has 0 radical (unpaired) electrons. The second kappa shape index (κ2) is 9.20. The van der Waals surface area contributed by atoms with Gasteiger partial charge in [0.1, 0.15) is 17.5 Å². The summed E-state index contributed by atoms with van der Waals surface area (Å²) >= 11 is 1.21. The van der Waals surface area contributed by atoms with Crippen LogP contribution in [0.15, 0.2) is 47.6 Å². The van der Waals surface area contributed by atoms with E-state index in [-0.39, 0.29) is 23.2 Å². The predicted molar refractivity (Wildman–Crippen MR) is 106 cm³/mol. The van der Waals surface area contributed by atoms with E-state index in [0.717, 1.165) is 25.0 Å². The molecule has 0 spiro atoms. The van der Waals surface area contributed by atoms with Crippen LogP contribution in [0.2, 0.25) is 0 Å². The Morgan fingerprint density at radius 1 is 1.10 bits per heavy atom. The molecule has 0 amide bonds. The highest BCUT2D eigenvalue weighted by molar-refractivity contribution is 7.99. The Balaban J connectivity index is 1.56. The maximum absolute atomic E-state index is 13.9. The summed E-state index contributed by atoms with van der Waals surface area (Å²) in [5.74, 6) is -1.17. The van der Waals surface area contributed by atoms with E-state index in [1.807, 2.05) is 4.57 Å². The maximum Gasteiger partial charge on any atom is 0.191 e. The van der Waals surface area contributed by atoms with E-state index in [0.29, 0.717) is 29.7 Å². The number of aliphatic hydroxyl groups is 1. The zero-order valence-corrected chi connectivity index (χ0v) is 16.8. The summed E-state index contributed by atoms with van der Waals surface area (Å²) in [5, 5.41) is 19.4. The topological polar surface area (TPSA) is 60.2 Å². The third kappa shape index (κ3) is 4.69. The number of ether oxygens (including phenoxy) is 1. The van der Waals surface area contributed by atoms with Crippen LogP contribution >= 0.6 is 11.8 Å². The van der Waals surface area contributed by atoms with Crippen LogP contribution in [0.3, 0.4) is 0 Å². The van der Waals surface area contributed by atoms with Gasteiger partial charge in [0.2, 0.25) is 0 Å². The molecule has 1 N–H and O–H groups in total. The molecule has 1 aliphatic rings. The number of nitrogens with zero attached hydrogens (tertiary/aromatic N) is 3. The Labute approximate surface area is 175 Å². The lowest BCUT2D eigenvalue weighted by molar-refractivity contribution is 0.0953. The van der Waals surface area contributed by atoms with Gasteiger partial charge in [0.05, 0.1) is 18.8 Å². The van der Waals surface area contributed by atoms with E-state index in [9.17, 15) is 18.3 Å². The van der Waals surface area contributed by atoms with Crippen LogP contribution < -0.4 is 0 Å². The van der Waals surface area contributed by atoms with Crippen molar-refractivity contribution in [2.45, 2.75) is 36.8 Å². The molecule has 2 aromatic carbocycles. The SMILES string of the molecule is OC(CSc1nnc(-c2ccc(F)cc2)n1CC1CCCO1)c1ccc(F)cc1F. The van der Waals surface area contributed by atoms with Crippen molar-refractivity contribution in [1.29, 1.82) is 0 Å². The van der Waals surface area contributed by atoms with Crippen molar-refractivity contribution >= 4 is 11.8 Å². The first-order valence-electron chi connectivity index (χ1n) is 9.58. The third-order valence-electron chi connectivity index (χ3n) is 4.92. The summed E-state index contributed by atoms with van der Waals surface area (Å²) in [7, 11) is 0. The lowest BCUT2D eigenvalue weighted by Crippen LogP contribution is -2.17. The standard InChI is InChI=1S/C21H20F3N3O2S/c22-14-5-3-13(4-6-14)20-25-26-21(27(20)11-16-2-1-9-29-16)30-12-19(28)17-8-7-15(23)10-18(17)24/h3-8,10,16,19,28H,1-2,9,11-12H2. The zero-order valence-electron chi connectivity index (χ0n) is 16.0. The Kier molecular flexibility index (Phi) is 6.40. The number of hydrogen-bond donors (Lipinski definition) is 1. The van der Waals surface area contributed by atoms with Gasteiger partial charge in [-0.05, 0) is 43.2 Å². The summed E-state index contributed by atoms with van der Waals surface area (Å²) in [6, 6.07) is 9.05. The summed E-state index contributed by atoms with van der Waals surface area (Å²) in [6.45, 7) is 1.22. The molecule has 3 aromatic rings. The molecule has 2 heterocycles. The highest BCUT2D eigenvalue weighted by Gasteiger charge is 2.23. The summed E-state index contributed by atoms with van der Waals surface area (Å²) < 4.78 is 48.0. The molecule has 1 aromatic heterocycles. The minimum absolute atomic E-state index is 0.0130. The zero-order chi connectivity index (χ0) is 21.1. The van der Waals surface area contributed by atoms with Gasteiger partial charge in [0.15, 0.2) is 11.0 Å². The van der Waals surface area contributed by atoms with Gasteiger partial charge in [-0.2, -0.15) is 0 Å². The van der Waals surface area contributed by atoms with Crippen molar-refractivity contribution in [2.75, 3.05) is 12.4 Å². The number of thioether (sulfide) groups is 1. The predicted octanol–water partition coefficient (Wildman–Crippen LogP) is 4.37. The van der Waals surface area contributed by atoms with Gasteiger partial charge in [-0.1, -0.05) is 17.8 Å². The lowest BCUT2D eigenvalue weighted by atomic mass is 10.1. The Bertz CT molecular complexity index is 1010. The molecule has 158 valence electrons. The normalized spacial score (nSPS) is 17.4. The summed E-state index contributed by atoms with van der Waals surface area (Å²) in [4.78, 5) is 0. The Hall–Kier alpha value is -2.36. The van der Waals surface area contributed by atoms with Gasteiger partial charge in [-0.25, -0.2) is 13.2 Å². The molecule has 4 rings (SSSR count). The highest BCUT2D eigenvalue weighted by atomic mass is 32.2. The first-order valence-corrected chi connectivity index (χ1v) is 10.6. The van der Waals surface area contributed by atoms with Crippen molar-refractivity contribution in [3.8, 4) is 11.4 Å². The fraction of sp³-hybridized carbons (Fsp3) is 0.333. The van der Waals surface area contributed by atoms with Gasteiger partial charge >= 0.3 is 0 Å². The van der Waals surface area contributed by atoms with Gasteiger partial charge < -0.3 is 9.84 Å². The minimum Gasteiger partial charge on any atom is -0.387 e. The molecule has 1 saturated heterocycles. The van der Waals surface area contributed by atoms with E-state index in [1.165, 1.54) is 30.0 Å². The molecule has 1 aliphatic heterocycles. The molecule has 1 fully saturated rings. The molecule has 2 unspecified atom stereocenters. The van der Waals surface area contributed by atoms with Crippen molar-refractivity contribution in [1.82, 2.24) is 14.8 Å². The molecule has 9 heteroatoms. The average molecular weight is 435 g/mol. The number of benzene rings is 2. The molecule has 5 nitrogen and oxygen atoms in total. The summed E-state index contributed by atoms with van der Waals surface area (Å²) in [6.07, 6.45) is 0.759. The number of rotatable bonds is 7. The fourth-order valence-electron chi connectivity index (χ4n) is 3.38. The summed E-state index contributed by atoms with van der Waals surface area (Å²) in [5.41, 5.74) is 0.728. The molecule has 0 aliphatic carbocycles. The molecule has 0 saturated carbocycles. The molecule has 2 atom stereocenters. The van der Waals surface area contributed by atoms with Crippen LogP contribution in [0.25, 0.3) is 11.4 Å². The van der Waals surface area contributed by atoms with E-state index in [1.54, 1.807) is 12.1 Å². The van der Waals surface area contributed by atoms with Crippen LogP contribution in [-0.2, 0) is 11.3 Å². The van der Waals surface area contributed by atoms with E-state index in [2.05, 4.69) is 10.2 Å². The first-order chi connectivity index (χ1) is 14.5. The van der Waals surface area contributed by atoms with Crippen molar-refractivity contribution in [3.63, 3.8) is 0 Å². The molecule has 0 bridgehead atoms. The largest absolute Gasteiger partial charge is 0.387 e. The number of aliphatic hydroxyl groups excluding tert-OH is 1. The van der Waals surface area contributed by atoms with E-state index in [4.69, 9.17) is 4.74 Å². The molecular formula is C21H20F3N3O2S. The minimum atomic E-state index is -1.14. The second-order valence-electron chi connectivity index (χ2n) is 7.05. The quantitative estimate of drug-likeness (QED) is 0.559. The van der Waals surface area contributed by atoms with Gasteiger partial charge in [0.25, 0.3) is 0 Å². The van der Waals surface area contributed by atoms with Crippen LogP contribution in [-0.4, -0.2) is 38.3 Å². The number of hydrogen-bond acceptors (Lipinski definition) is 5. The van der Waals surface area contributed by atoms with Gasteiger partial charge in [0, 0.05) is 29.6 Å². The lowest BCUT2D eigenvalue weighted by Gasteiger charge is -2.16. The monoisotopic (exact) mass is 435 g/mol. The van der Waals surface area contributed by atoms with E-state index >= 15 is 0 Å². The van der Waals surface area contributed by atoms with Crippen LogP contribution in [0, 0.1) is 17.5 Å². The first kappa shape index (κ1) is 20.9. The van der Waals surface area contributed by atoms with Gasteiger partial charge in [-0.15, -0.1) is 10.2 Å². The van der Waals surface area contributed by atoms with Crippen LogP contribution in [0.5, 0.6) is 0 Å². The average Bonchev–Trinajstić information content (AvgIpc) is 3.37. The Morgan fingerprint density at radius 2 is 1.87 bits per heavy atom. The molecule has 30 heavy (non-hydrogen) atoms. The molecular weight excluding hydrogens is 415 g/mol.